The van der Waals surface area contributed by atoms with Crippen molar-refractivity contribution in [2.75, 3.05) is 13.7 Å². The van der Waals surface area contributed by atoms with Gasteiger partial charge in [0.1, 0.15) is 5.75 Å². The molecule has 0 aliphatic heterocycles. The quantitative estimate of drug-likeness (QED) is 0.718. The zero-order valence-electron chi connectivity index (χ0n) is 13.3. The second-order valence-electron chi connectivity index (χ2n) is 5.27. The van der Waals surface area contributed by atoms with E-state index in [1.807, 2.05) is 19.2 Å². The molecule has 124 valence electrons. The fourth-order valence-corrected chi connectivity index (χ4v) is 2.14. The number of aliphatic hydroxyl groups excluding tert-OH is 1. The highest BCUT2D eigenvalue weighted by Gasteiger charge is 2.11. The molecule has 1 heterocycles. The summed E-state index contributed by atoms with van der Waals surface area (Å²) >= 11 is 0. The van der Waals surface area contributed by atoms with Crippen molar-refractivity contribution in [3.63, 3.8) is 0 Å². The first-order valence-corrected chi connectivity index (χ1v) is 7.42. The molecule has 1 aromatic heterocycles. The zero-order chi connectivity index (χ0) is 16.7. The standard InChI is InChI=1S/C16H22N4O3/c1-12(11-20-9-3-8-18-20)19-16(22)17-10-15(21)13-4-6-14(23-2)7-5-13/h3-9,12,15,21H,10-11H2,1-2H3,(H2,17,19,22)/t12-,15-/m0/s1. The molecule has 0 radical (unpaired) electrons. The van der Waals surface area contributed by atoms with Crippen molar-refractivity contribution in [3.8, 4) is 5.75 Å². The lowest BCUT2D eigenvalue weighted by Crippen LogP contribution is -2.43. The van der Waals surface area contributed by atoms with Gasteiger partial charge >= 0.3 is 6.03 Å². The molecular formula is C16H22N4O3. The molecule has 3 N–H and O–H groups in total. The minimum atomic E-state index is -0.770. The van der Waals surface area contributed by atoms with Gasteiger partial charge in [-0.3, -0.25) is 4.68 Å². The third kappa shape index (κ3) is 5.30. The van der Waals surface area contributed by atoms with Crippen LogP contribution in [0.5, 0.6) is 5.75 Å². The number of urea groups is 1. The number of carbonyl (C=O) groups is 1. The Kier molecular flexibility index (Phi) is 5.99. The van der Waals surface area contributed by atoms with Gasteiger partial charge in [-0.1, -0.05) is 12.1 Å². The van der Waals surface area contributed by atoms with E-state index in [2.05, 4.69) is 15.7 Å². The highest BCUT2D eigenvalue weighted by molar-refractivity contribution is 5.74. The summed E-state index contributed by atoms with van der Waals surface area (Å²) in [6.45, 7) is 2.61. The van der Waals surface area contributed by atoms with Gasteiger partial charge in [-0.05, 0) is 30.7 Å². The number of aliphatic hydroxyl groups is 1. The third-order valence-corrected chi connectivity index (χ3v) is 3.35. The van der Waals surface area contributed by atoms with Gasteiger partial charge in [-0.15, -0.1) is 0 Å². The van der Waals surface area contributed by atoms with Gasteiger partial charge in [0.2, 0.25) is 0 Å². The summed E-state index contributed by atoms with van der Waals surface area (Å²) in [6.07, 6.45) is 2.76. The largest absolute Gasteiger partial charge is 0.497 e. The predicted molar refractivity (Wildman–Crippen MR) is 86.2 cm³/mol. The lowest BCUT2D eigenvalue weighted by Gasteiger charge is -2.17. The fourth-order valence-electron chi connectivity index (χ4n) is 2.14. The molecule has 0 saturated carbocycles. The number of nitrogens with zero attached hydrogens (tertiary/aromatic N) is 2. The fraction of sp³-hybridized carbons (Fsp3) is 0.375. The molecule has 0 bridgehead atoms. The molecule has 2 amide bonds. The smallest absolute Gasteiger partial charge is 0.315 e. The molecule has 7 nitrogen and oxygen atoms in total. The number of amides is 2. The van der Waals surface area contributed by atoms with Crippen molar-refractivity contribution in [1.29, 1.82) is 0 Å². The van der Waals surface area contributed by atoms with Crippen LogP contribution in [0.3, 0.4) is 0 Å². The average molecular weight is 318 g/mol. The number of hydrogen-bond acceptors (Lipinski definition) is 4. The monoisotopic (exact) mass is 318 g/mol. The average Bonchev–Trinajstić information content (AvgIpc) is 3.05. The molecule has 0 fully saturated rings. The summed E-state index contributed by atoms with van der Waals surface area (Å²) in [7, 11) is 1.59. The van der Waals surface area contributed by atoms with Gasteiger partial charge in [0.15, 0.2) is 0 Å². The molecule has 23 heavy (non-hydrogen) atoms. The van der Waals surface area contributed by atoms with E-state index in [0.717, 1.165) is 11.3 Å². The van der Waals surface area contributed by atoms with Gasteiger partial charge < -0.3 is 20.5 Å². The van der Waals surface area contributed by atoms with Crippen molar-refractivity contribution in [2.45, 2.75) is 25.6 Å². The minimum absolute atomic E-state index is 0.0759. The number of benzene rings is 1. The lowest BCUT2D eigenvalue weighted by atomic mass is 10.1. The Hall–Kier alpha value is -2.54. The first-order valence-electron chi connectivity index (χ1n) is 7.42. The van der Waals surface area contributed by atoms with Crippen LogP contribution in [-0.2, 0) is 6.54 Å². The van der Waals surface area contributed by atoms with Crippen molar-refractivity contribution in [1.82, 2.24) is 20.4 Å². The van der Waals surface area contributed by atoms with Crippen LogP contribution in [0.2, 0.25) is 0 Å². The topological polar surface area (TPSA) is 88.4 Å². The Morgan fingerprint density at radius 3 is 2.74 bits per heavy atom. The molecule has 0 saturated heterocycles. The van der Waals surface area contributed by atoms with Gasteiger partial charge in [0, 0.05) is 25.0 Å². The number of rotatable bonds is 7. The Bertz CT molecular complexity index is 598. The zero-order valence-corrected chi connectivity index (χ0v) is 13.3. The van der Waals surface area contributed by atoms with E-state index in [4.69, 9.17) is 4.74 Å². The van der Waals surface area contributed by atoms with E-state index in [-0.39, 0.29) is 18.6 Å². The maximum absolute atomic E-state index is 11.8. The first-order chi connectivity index (χ1) is 11.1. The molecule has 2 rings (SSSR count). The molecule has 0 spiro atoms. The highest BCUT2D eigenvalue weighted by atomic mass is 16.5. The number of aromatic nitrogens is 2. The van der Waals surface area contributed by atoms with Gasteiger partial charge in [0.05, 0.1) is 19.8 Å². The summed E-state index contributed by atoms with van der Waals surface area (Å²) in [6, 6.07) is 8.51. The van der Waals surface area contributed by atoms with Crippen LogP contribution in [0, 0.1) is 0 Å². The number of nitrogens with one attached hydrogen (secondary N) is 2. The van der Waals surface area contributed by atoms with E-state index in [0.29, 0.717) is 6.54 Å². The number of ether oxygens (including phenoxy) is 1. The third-order valence-electron chi connectivity index (χ3n) is 3.35. The summed E-state index contributed by atoms with van der Waals surface area (Å²) in [5.41, 5.74) is 0.718. The summed E-state index contributed by atoms with van der Waals surface area (Å²) < 4.78 is 6.81. The summed E-state index contributed by atoms with van der Waals surface area (Å²) in [5, 5.41) is 19.6. The van der Waals surface area contributed by atoms with Crippen LogP contribution >= 0.6 is 0 Å². The number of carbonyl (C=O) groups excluding carboxylic acids is 1. The molecular weight excluding hydrogens is 296 g/mol. The van der Waals surface area contributed by atoms with Crippen LogP contribution in [0.1, 0.15) is 18.6 Å². The summed E-state index contributed by atoms with van der Waals surface area (Å²) in [4.78, 5) is 11.8. The Labute approximate surface area is 135 Å². The van der Waals surface area contributed by atoms with E-state index >= 15 is 0 Å². The van der Waals surface area contributed by atoms with Crippen molar-refractivity contribution in [2.24, 2.45) is 0 Å². The van der Waals surface area contributed by atoms with Gasteiger partial charge in [-0.2, -0.15) is 5.10 Å². The van der Waals surface area contributed by atoms with E-state index in [9.17, 15) is 9.90 Å². The Balaban J connectivity index is 1.74. The normalized spacial score (nSPS) is 13.2. The van der Waals surface area contributed by atoms with Crippen LogP contribution in [0.4, 0.5) is 4.79 Å². The van der Waals surface area contributed by atoms with Crippen LogP contribution in [0.15, 0.2) is 42.7 Å². The minimum Gasteiger partial charge on any atom is -0.497 e. The second-order valence-corrected chi connectivity index (χ2v) is 5.27. The van der Waals surface area contributed by atoms with Crippen molar-refractivity contribution in [3.05, 3.63) is 48.3 Å². The van der Waals surface area contributed by atoms with Crippen LogP contribution in [0.25, 0.3) is 0 Å². The van der Waals surface area contributed by atoms with E-state index in [1.165, 1.54) is 0 Å². The Morgan fingerprint density at radius 1 is 1.39 bits per heavy atom. The Morgan fingerprint density at radius 2 is 2.13 bits per heavy atom. The lowest BCUT2D eigenvalue weighted by molar-refractivity contribution is 0.172. The van der Waals surface area contributed by atoms with Crippen LogP contribution < -0.4 is 15.4 Å². The molecule has 7 heteroatoms. The second kappa shape index (κ2) is 8.19. The van der Waals surface area contributed by atoms with E-state index in [1.54, 1.807) is 42.3 Å². The maximum atomic E-state index is 11.8. The first kappa shape index (κ1) is 16.8. The molecule has 2 aromatic rings. The molecule has 0 aliphatic carbocycles. The molecule has 0 aliphatic rings. The predicted octanol–water partition coefficient (Wildman–Crippen LogP) is 1.31. The van der Waals surface area contributed by atoms with E-state index < -0.39 is 6.10 Å². The number of methoxy groups -OCH3 is 1. The summed E-state index contributed by atoms with van der Waals surface area (Å²) in [5.74, 6) is 0.721. The van der Waals surface area contributed by atoms with Gasteiger partial charge in [-0.25, -0.2) is 4.79 Å². The number of hydrogen-bond donors (Lipinski definition) is 3. The molecule has 2 atom stereocenters. The van der Waals surface area contributed by atoms with Gasteiger partial charge in [0.25, 0.3) is 0 Å². The molecule has 1 aromatic carbocycles. The van der Waals surface area contributed by atoms with Crippen LogP contribution in [-0.4, -0.2) is 40.6 Å². The molecule has 0 unspecified atom stereocenters. The highest BCUT2D eigenvalue weighted by Crippen LogP contribution is 2.16. The SMILES string of the molecule is COc1ccc([C@@H](O)CNC(=O)N[C@@H](C)Cn2cccn2)cc1. The van der Waals surface area contributed by atoms with Crippen molar-refractivity contribution >= 4 is 6.03 Å². The maximum Gasteiger partial charge on any atom is 0.315 e. The van der Waals surface area contributed by atoms with Crippen molar-refractivity contribution < 1.29 is 14.6 Å².